The van der Waals surface area contributed by atoms with Crippen LogP contribution in [0.2, 0.25) is 0 Å². The summed E-state index contributed by atoms with van der Waals surface area (Å²) in [6.07, 6.45) is 7.51. The van der Waals surface area contributed by atoms with E-state index in [1.807, 2.05) is 17.5 Å². The molecule has 0 spiro atoms. The Labute approximate surface area is 120 Å². The minimum atomic E-state index is -0.284. The van der Waals surface area contributed by atoms with Crippen LogP contribution in [0.4, 0.5) is 0 Å². The molecule has 0 bridgehead atoms. The third kappa shape index (κ3) is 1.64. The Kier molecular flexibility index (Phi) is 2.70. The number of hydroxylamine groups is 1. The second kappa shape index (κ2) is 4.56. The fourth-order valence-corrected chi connectivity index (χ4v) is 3.59. The molecule has 0 saturated carbocycles. The molecule has 6 heteroatoms. The number of rotatable bonds is 1. The summed E-state index contributed by atoms with van der Waals surface area (Å²) in [5, 5.41) is 13.4. The predicted octanol–water partition coefficient (Wildman–Crippen LogP) is 2.12. The van der Waals surface area contributed by atoms with Gasteiger partial charge in [-0.15, -0.1) is 11.3 Å². The predicted molar refractivity (Wildman–Crippen MR) is 75.6 cm³/mol. The van der Waals surface area contributed by atoms with Gasteiger partial charge in [0.2, 0.25) is 0 Å². The summed E-state index contributed by atoms with van der Waals surface area (Å²) in [5.41, 5.74) is 2.61. The van der Waals surface area contributed by atoms with Crippen LogP contribution in [0.5, 0.6) is 0 Å². The molecule has 1 unspecified atom stereocenters. The fraction of sp³-hybridized carbons (Fsp3) is 0.357. The van der Waals surface area contributed by atoms with E-state index in [1.165, 1.54) is 16.1 Å². The molecule has 5 nitrogen and oxygen atoms in total. The highest BCUT2D eigenvalue weighted by molar-refractivity contribution is 7.09. The van der Waals surface area contributed by atoms with Crippen molar-refractivity contribution in [1.29, 1.82) is 0 Å². The molecule has 3 aliphatic rings. The van der Waals surface area contributed by atoms with Crippen molar-refractivity contribution in [2.24, 2.45) is 4.99 Å². The fourth-order valence-electron chi connectivity index (χ4n) is 2.85. The Balaban J connectivity index is 1.93. The van der Waals surface area contributed by atoms with Gasteiger partial charge in [-0.3, -0.25) is 10.2 Å². The monoisotopic (exact) mass is 288 g/mol. The van der Waals surface area contributed by atoms with E-state index in [2.05, 4.69) is 9.98 Å². The molecule has 0 amide bonds. The smallest absolute Gasteiger partial charge is 0.282 e. The number of ether oxygens (including phenoxy) is 1. The SMILES string of the molecule is O[N+]1=C2CCCN=C2C2=C(C=CCO2)C1c1nccs1. The number of aliphatic imine (C=N–C) groups is 1. The summed E-state index contributed by atoms with van der Waals surface area (Å²) < 4.78 is 7.14. The first-order valence-electron chi connectivity index (χ1n) is 6.68. The summed E-state index contributed by atoms with van der Waals surface area (Å²) in [4.78, 5) is 8.91. The number of hydrogen-bond acceptors (Lipinski definition) is 5. The van der Waals surface area contributed by atoms with Gasteiger partial charge in [-0.2, -0.15) is 0 Å². The summed E-state index contributed by atoms with van der Waals surface area (Å²) >= 11 is 1.54. The minimum absolute atomic E-state index is 0.284. The van der Waals surface area contributed by atoms with Crippen LogP contribution in [-0.4, -0.2) is 39.5 Å². The molecule has 4 heterocycles. The van der Waals surface area contributed by atoms with Gasteiger partial charge in [0, 0.05) is 24.5 Å². The van der Waals surface area contributed by atoms with Gasteiger partial charge in [-0.1, -0.05) is 0 Å². The summed E-state index contributed by atoms with van der Waals surface area (Å²) in [5.74, 6) is 0.813. The van der Waals surface area contributed by atoms with Gasteiger partial charge in [0.25, 0.3) is 11.8 Å². The van der Waals surface area contributed by atoms with Gasteiger partial charge in [0.1, 0.15) is 6.61 Å². The molecular formula is C14H14N3O2S+. The van der Waals surface area contributed by atoms with Gasteiger partial charge >= 0.3 is 0 Å². The van der Waals surface area contributed by atoms with E-state index < -0.39 is 0 Å². The minimum Gasteiger partial charge on any atom is -0.486 e. The van der Waals surface area contributed by atoms with E-state index in [0.717, 1.165) is 47.1 Å². The number of hydrogen-bond donors (Lipinski definition) is 1. The van der Waals surface area contributed by atoms with Crippen LogP contribution < -0.4 is 0 Å². The number of allylic oxidation sites excluding steroid dienone is 1. The maximum Gasteiger partial charge on any atom is 0.282 e. The van der Waals surface area contributed by atoms with Gasteiger partial charge in [0.15, 0.2) is 16.5 Å². The zero-order valence-electron chi connectivity index (χ0n) is 10.8. The first kappa shape index (κ1) is 11.8. The Hall–Kier alpha value is -1.95. The third-order valence-corrected chi connectivity index (χ3v) is 4.54. The lowest BCUT2D eigenvalue weighted by Gasteiger charge is -2.26. The summed E-state index contributed by atoms with van der Waals surface area (Å²) in [6, 6.07) is -0.284. The Bertz CT molecular complexity index is 671. The number of nitrogens with zero attached hydrogens (tertiary/aromatic N) is 3. The van der Waals surface area contributed by atoms with Crippen LogP contribution in [0, 0.1) is 0 Å². The lowest BCUT2D eigenvalue weighted by Crippen LogP contribution is -2.39. The highest BCUT2D eigenvalue weighted by Crippen LogP contribution is 2.36. The maximum absolute atomic E-state index is 10.6. The van der Waals surface area contributed by atoms with Crippen LogP contribution in [0.25, 0.3) is 0 Å². The first-order chi connectivity index (χ1) is 9.86. The number of thiazole rings is 1. The highest BCUT2D eigenvalue weighted by atomic mass is 32.1. The molecule has 0 saturated heterocycles. The van der Waals surface area contributed by atoms with Gasteiger partial charge in [0.05, 0.1) is 5.57 Å². The third-order valence-electron chi connectivity index (χ3n) is 3.71. The van der Waals surface area contributed by atoms with Crippen molar-refractivity contribution in [3.05, 3.63) is 40.1 Å². The number of fused-ring (bicyclic) bond motifs is 2. The lowest BCUT2D eigenvalue weighted by molar-refractivity contribution is -0.799. The normalized spacial score (nSPS) is 25.0. The molecule has 0 fully saturated rings. The molecule has 3 aliphatic heterocycles. The van der Waals surface area contributed by atoms with Crippen LogP contribution >= 0.6 is 11.3 Å². The van der Waals surface area contributed by atoms with E-state index in [-0.39, 0.29) is 6.04 Å². The van der Waals surface area contributed by atoms with Crippen molar-refractivity contribution in [3.8, 4) is 0 Å². The molecule has 20 heavy (non-hydrogen) atoms. The van der Waals surface area contributed by atoms with E-state index >= 15 is 0 Å². The molecule has 4 rings (SSSR count). The largest absolute Gasteiger partial charge is 0.486 e. The second-order valence-corrected chi connectivity index (χ2v) is 5.82. The molecule has 1 N–H and O–H groups in total. The molecule has 0 radical (unpaired) electrons. The molecule has 0 aliphatic carbocycles. The van der Waals surface area contributed by atoms with E-state index in [9.17, 15) is 5.21 Å². The van der Waals surface area contributed by atoms with E-state index in [1.54, 1.807) is 6.20 Å². The second-order valence-electron chi connectivity index (χ2n) is 4.90. The standard InChI is InChI=1S/C14H14N3O2S/c18-17-10-4-1-5-15-11(10)13-9(3-2-7-19-13)12(17)14-16-6-8-20-14/h2-3,6,8,12,18H,1,4-5,7H2/q+1. The average molecular weight is 288 g/mol. The molecule has 1 aromatic rings. The zero-order chi connectivity index (χ0) is 13.5. The Morgan fingerprint density at radius 1 is 1.45 bits per heavy atom. The highest BCUT2D eigenvalue weighted by Gasteiger charge is 2.45. The van der Waals surface area contributed by atoms with Crippen LogP contribution in [0.3, 0.4) is 0 Å². The maximum atomic E-state index is 10.6. The Morgan fingerprint density at radius 3 is 3.25 bits per heavy atom. The molecule has 0 aromatic carbocycles. The van der Waals surface area contributed by atoms with Crippen molar-refractivity contribution in [2.75, 3.05) is 13.2 Å². The first-order valence-corrected chi connectivity index (χ1v) is 7.56. The van der Waals surface area contributed by atoms with Crippen molar-refractivity contribution >= 4 is 22.8 Å². The van der Waals surface area contributed by atoms with Gasteiger partial charge in [-0.05, 0) is 23.3 Å². The van der Waals surface area contributed by atoms with Crippen LogP contribution in [0.1, 0.15) is 23.9 Å². The van der Waals surface area contributed by atoms with Crippen LogP contribution in [0.15, 0.2) is 40.1 Å². The van der Waals surface area contributed by atoms with Crippen molar-refractivity contribution in [3.63, 3.8) is 0 Å². The molecule has 1 atom stereocenters. The Morgan fingerprint density at radius 2 is 2.40 bits per heavy atom. The lowest BCUT2D eigenvalue weighted by atomic mass is 9.92. The van der Waals surface area contributed by atoms with Gasteiger partial charge in [-0.25, -0.2) is 4.98 Å². The van der Waals surface area contributed by atoms with E-state index in [4.69, 9.17) is 4.74 Å². The van der Waals surface area contributed by atoms with Gasteiger partial charge < -0.3 is 4.74 Å². The molecular weight excluding hydrogens is 274 g/mol. The molecule has 1 aromatic heterocycles. The quantitative estimate of drug-likeness (QED) is 0.636. The van der Waals surface area contributed by atoms with Crippen molar-refractivity contribution in [1.82, 2.24) is 4.98 Å². The zero-order valence-corrected chi connectivity index (χ0v) is 11.6. The van der Waals surface area contributed by atoms with Crippen LogP contribution in [-0.2, 0) is 4.74 Å². The average Bonchev–Trinajstić information content (AvgIpc) is 3.02. The number of aromatic nitrogens is 1. The topological polar surface area (TPSA) is 57.7 Å². The van der Waals surface area contributed by atoms with E-state index in [0.29, 0.717) is 6.61 Å². The summed E-state index contributed by atoms with van der Waals surface area (Å²) in [6.45, 7) is 1.35. The van der Waals surface area contributed by atoms with Crippen molar-refractivity contribution < 1.29 is 14.7 Å². The van der Waals surface area contributed by atoms with Crippen molar-refractivity contribution in [2.45, 2.75) is 18.9 Å². The summed E-state index contributed by atoms with van der Waals surface area (Å²) in [7, 11) is 0. The molecule has 102 valence electrons.